The number of pyridine rings is 1. The van der Waals surface area contributed by atoms with Gasteiger partial charge in [0.05, 0.1) is 18.4 Å². The summed E-state index contributed by atoms with van der Waals surface area (Å²) in [6.45, 7) is 1.17. The van der Waals surface area contributed by atoms with Crippen molar-refractivity contribution in [3.8, 4) is 11.1 Å². The Morgan fingerprint density at radius 3 is 2.46 bits per heavy atom. The number of carbonyl (C=O) groups excluding carboxylic acids is 1. The summed E-state index contributed by atoms with van der Waals surface area (Å²) < 4.78 is 14.0. The molecule has 5 nitrogen and oxygen atoms in total. The van der Waals surface area contributed by atoms with Gasteiger partial charge < -0.3 is 15.1 Å². The van der Waals surface area contributed by atoms with Crippen LogP contribution in [0, 0.1) is 17.7 Å². The van der Waals surface area contributed by atoms with E-state index in [0.29, 0.717) is 42.6 Å². The lowest BCUT2D eigenvalue weighted by Gasteiger charge is -2.31. The molecule has 26 heavy (non-hydrogen) atoms. The first-order valence-corrected chi connectivity index (χ1v) is 8.88. The first kappa shape index (κ1) is 17.1. The molecular formula is C20H21FN2O3. The molecule has 136 valence electrons. The molecule has 2 fully saturated rings. The van der Waals surface area contributed by atoms with E-state index in [1.807, 2.05) is 0 Å². The zero-order valence-electron chi connectivity index (χ0n) is 14.3. The molecule has 2 heterocycles. The van der Waals surface area contributed by atoms with E-state index in [0.717, 1.165) is 6.20 Å². The highest BCUT2D eigenvalue weighted by Gasteiger charge is 2.42. The van der Waals surface area contributed by atoms with Crippen LogP contribution >= 0.6 is 0 Å². The van der Waals surface area contributed by atoms with Crippen LogP contribution in [0.3, 0.4) is 0 Å². The van der Waals surface area contributed by atoms with Crippen molar-refractivity contribution in [3.63, 3.8) is 0 Å². The van der Waals surface area contributed by atoms with Crippen LogP contribution in [-0.2, 0) is 0 Å². The van der Waals surface area contributed by atoms with E-state index in [4.69, 9.17) is 0 Å². The number of halogens is 1. The summed E-state index contributed by atoms with van der Waals surface area (Å²) in [5.74, 6) is -0.0803. The smallest absolute Gasteiger partial charge is 0.253 e. The molecule has 1 amide bonds. The number of carbonyl (C=O) groups is 1. The monoisotopic (exact) mass is 356 g/mol. The van der Waals surface area contributed by atoms with E-state index in [2.05, 4.69) is 4.98 Å². The summed E-state index contributed by atoms with van der Waals surface area (Å²) in [6.07, 6.45) is 2.32. The molecule has 1 aliphatic carbocycles. The third kappa shape index (κ3) is 3.10. The molecule has 0 bridgehead atoms. The molecule has 4 rings (SSSR count). The maximum absolute atomic E-state index is 14.0. The van der Waals surface area contributed by atoms with Gasteiger partial charge in [0.25, 0.3) is 5.91 Å². The molecule has 6 heteroatoms. The lowest BCUT2D eigenvalue weighted by atomic mass is 9.79. The average molecular weight is 356 g/mol. The number of aliphatic hydroxyl groups is 2. The standard InChI is InChI=1S/C20H21FN2O3/c21-17-9-22-5-4-16(17)12-2-1-3-13(6-12)20(26)23-10-14-7-18(24)19(25)8-15(14)11-23/h1-6,9,14-15,18-19,24-25H,7-8,10-11H2. The Morgan fingerprint density at radius 2 is 1.81 bits per heavy atom. The zero-order valence-corrected chi connectivity index (χ0v) is 14.3. The fourth-order valence-electron chi connectivity index (χ4n) is 4.18. The van der Waals surface area contributed by atoms with Gasteiger partial charge in [-0.05, 0) is 48.4 Å². The van der Waals surface area contributed by atoms with Crippen molar-refractivity contribution in [2.24, 2.45) is 11.8 Å². The number of aromatic nitrogens is 1. The number of fused-ring (bicyclic) bond motifs is 1. The SMILES string of the molecule is O=C(c1cccc(-c2ccncc2F)c1)N1CC2CC(O)C(O)CC2C1. The van der Waals surface area contributed by atoms with Crippen LogP contribution in [0.5, 0.6) is 0 Å². The van der Waals surface area contributed by atoms with Gasteiger partial charge in [-0.2, -0.15) is 0 Å². The number of amides is 1. The molecule has 1 aromatic heterocycles. The molecule has 0 radical (unpaired) electrons. The van der Waals surface area contributed by atoms with Gasteiger partial charge >= 0.3 is 0 Å². The van der Waals surface area contributed by atoms with Crippen molar-refractivity contribution < 1.29 is 19.4 Å². The van der Waals surface area contributed by atoms with Crippen LogP contribution in [0.1, 0.15) is 23.2 Å². The van der Waals surface area contributed by atoms with Gasteiger partial charge in [0.15, 0.2) is 0 Å². The van der Waals surface area contributed by atoms with Crippen molar-refractivity contribution in [1.29, 1.82) is 0 Å². The van der Waals surface area contributed by atoms with E-state index in [1.54, 1.807) is 35.2 Å². The number of rotatable bonds is 2. The maximum Gasteiger partial charge on any atom is 0.253 e. The molecule has 1 saturated heterocycles. The van der Waals surface area contributed by atoms with E-state index in [-0.39, 0.29) is 17.7 Å². The van der Waals surface area contributed by atoms with Crippen molar-refractivity contribution in [2.45, 2.75) is 25.0 Å². The Hall–Kier alpha value is -2.31. The predicted octanol–water partition coefficient (Wildman–Crippen LogP) is 2.09. The summed E-state index contributed by atoms with van der Waals surface area (Å²) in [5.41, 5.74) is 1.56. The van der Waals surface area contributed by atoms with Gasteiger partial charge in [-0.25, -0.2) is 4.39 Å². The number of aliphatic hydroxyl groups excluding tert-OH is 2. The topological polar surface area (TPSA) is 73.7 Å². The largest absolute Gasteiger partial charge is 0.390 e. The highest BCUT2D eigenvalue weighted by Crippen LogP contribution is 2.37. The van der Waals surface area contributed by atoms with Crippen molar-refractivity contribution in [2.75, 3.05) is 13.1 Å². The van der Waals surface area contributed by atoms with Crippen molar-refractivity contribution in [3.05, 3.63) is 54.1 Å². The third-order valence-electron chi connectivity index (χ3n) is 5.59. The minimum Gasteiger partial charge on any atom is -0.390 e. The Bertz CT molecular complexity index is 810. The van der Waals surface area contributed by atoms with Gasteiger partial charge in [0.1, 0.15) is 5.82 Å². The number of hydrogen-bond donors (Lipinski definition) is 2. The van der Waals surface area contributed by atoms with Gasteiger partial charge in [0, 0.05) is 30.4 Å². The second-order valence-corrected chi connectivity index (χ2v) is 7.27. The first-order valence-electron chi connectivity index (χ1n) is 8.88. The fourth-order valence-corrected chi connectivity index (χ4v) is 4.18. The molecule has 1 saturated carbocycles. The van der Waals surface area contributed by atoms with Crippen LogP contribution in [-0.4, -0.2) is 51.3 Å². The second-order valence-electron chi connectivity index (χ2n) is 7.27. The predicted molar refractivity (Wildman–Crippen MR) is 93.8 cm³/mol. The van der Waals surface area contributed by atoms with Gasteiger partial charge in [-0.3, -0.25) is 9.78 Å². The summed E-state index contributed by atoms with van der Waals surface area (Å²) in [4.78, 5) is 18.5. The van der Waals surface area contributed by atoms with Crippen LogP contribution in [0.15, 0.2) is 42.7 Å². The summed E-state index contributed by atoms with van der Waals surface area (Å²) >= 11 is 0. The summed E-state index contributed by atoms with van der Waals surface area (Å²) in [6, 6.07) is 8.54. The Kier molecular flexibility index (Phi) is 4.46. The van der Waals surface area contributed by atoms with Crippen LogP contribution in [0.25, 0.3) is 11.1 Å². The number of hydrogen-bond acceptors (Lipinski definition) is 4. The maximum atomic E-state index is 14.0. The number of benzene rings is 1. The Balaban J connectivity index is 1.54. The number of nitrogens with zero attached hydrogens (tertiary/aromatic N) is 2. The fraction of sp³-hybridized carbons (Fsp3) is 0.400. The molecule has 4 unspecified atom stereocenters. The lowest BCUT2D eigenvalue weighted by molar-refractivity contribution is -0.0372. The molecular weight excluding hydrogens is 335 g/mol. The minimum absolute atomic E-state index is 0.0975. The molecule has 1 aliphatic heterocycles. The quantitative estimate of drug-likeness (QED) is 0.864. The molecule has 4 atom stereocenters. The molecule has 2 aliphatic rings. The zero-order chi connectivity index (χ0) is 18.3. The van der Waals surface area contributed by atoms with E-state index in [9.17, 15) is 19.4 Å². The minimum atomic E-state index is -0.704. The number of likely N-dealkylation sites (tertiary alicyclic amines) is 1. The van der Waals surface area contributed by atoms with Gasteiger partial charge in [-0.1, -0.05) is 12.1 Å². The normalized spacial score (nSPS) is 28.0. The second kappa shape index (κ2) is 6.78. The molecule has 0 spiro atoms. The van der Waals surface area contributed by atoms with Crippen LogP contribution < -0.4 is 0 Å². The third-order valence-corrected chi connectivity index (χ3v) is 5.59. The highest BCUT2D eigenvalue weighted by molar-refractivity contribution is 5.95. The van der Waals surface area contributed by atoms with Gasteiger partial charge in [-0.15, -0.1) is 0 Å². The molecule has 1 aromatic carbocycles. The first-order chi connectivity index (χ1) is 12.5. The summed E-state index contributed by atoms with van der Waals surface area (Å²) in [5, 5.41) is 19.7. The van der Waals surface area contributed by atoms with Crippen molar-refractivity contribution in [1.82, 2.24) is 9.88 Å². The van der Waals surface area contributed by atoms with E-state index < -0.39 is 18.0 Å². The Labute approximate surface area is 151 Å². The average Bonchev–Trinajstić information content (AvgIpc) is 3.04. The highest BCUT2D eigenvalue weighted by atomic mass is 19.1. The van der Waals surface area contributed by atoms with Gasteiger partial charge in [0.2, 0.25) is 0 Å². The molecule has 2 aromatic rings. The van der Waals surface area contributed by atoms with E-state index >= 15 is 0 Å². The summed E-state index contributed by atoms with van der Waals surface area (Å²) in [7, 11) is 0. The Morgan fingerprint density at radius 1 is 1.12 bits per heavy atom. The van der Waals surface area contributed by atoms with Crippen LogP contribution in [0.4, 0.5) is 4.39 Å². The van der Waals surface area contributed by atoms with E-state index in [1.165, 1.54) is 6.20 Å². The lowest BCUT2D eigenvalue weighted by Crippen LogP contribution is -2.38. The van der Waals surface area contributed by atoms with Crippen LogP contribution in [0.2, 0.25) is 0 Å². The molecule has 2 N–H and O–H groups in total. The van der Waals surface area contributed by atoms with Crippen molar-refractivity contribution >= 4 is 5.91 Å².